The molecule has 3 heteroatoms. The second-order valence-corrected chi connectivity index (χ2v) is 4.58. The number of aldehydes is 1. The van der Waals surface area contributed by atoms with Crippen molar-refractivity contribution >= 4 is 6.29 Å². The van der Waals surface area contributed by atoms with Gasteiger partial charge in [-0.3, -0.25) is 0 Å². The molecule has 0 radical (unpaired) electrons. The summed E-state index contributed by atoms with van der Waals surface area (Å²) in [5, 5.41) is 0. The lowest BCUT2D eigenvalue weighted by Gasteiger charge is -2.12. The third kappa shape index (κ3) is 2.38. The van der Waals surface area contributed by atoms with Crippen molar-refractivity contribution in [3.8, 4) is 11.1 Å². The van der Waals surface area contributed by atoms with Crippen molar-refractivity contribution in [2.75, 3.05) is 0 Å². The van der Waals surface area contributed by atoms with E-state index in [0.717, 1.165) is 17.4 Å². The largest absolute Gasteiger partial charge is 0.323 e. The van der Waals surface area contributed by atoms with E-state index in [-0.39, 0.29) is 6.04 Å². The number of hydrogen-bond donors (Lipinski definition) is 0. The minimum absolute atomic E-state index is 0.317. The molecule has 0 saturated carbocycles. The van der Waals surface area contributed by atoms with Crippen molar-refractivity contribution < 1.29 is 4.79 Å². The van der Waals surface area contributed by atoms with Crippen molar-refractivity contribution in [2.24, 2.45) is 0 Å². The lowest BCUT2D eigenvalue weighted by Crippen LogP contribution is -2.09. The van der Waals surface area contributed by atoms with Crippen LogP contribution in [0.15, 0.2) is 73.3 Å². The molecule has 3 nitrogen and oxygen atoms in total. The summed E-state index contributed by atoms with van der Waals surface area (Å²) in [7, 11) is 0. The molecule has 0 aliphatic rings. The molecule has 98 valence electrons. The first kappa shape index (κ1) is 12.4. The zero-order valence-corrected chi connectivity index (χ0v) is 10.9. The Morgan fingerprint density at radius 1 is 0.950 bits per heavy atom. The highest BCUT2D eigenvalue weighted by Crippen LogP contribution is 2.22. The summed E-state index contributed by atoms with van der Waals surface area (Å²) in [5.74, 6) is 0. The molecule has 1 aromatic heterocycles. The Morgan fingerprint density at radius 3 is 2.25 bits per heavy atom. The van der Waals surface area contributed by atoms with Gasteiger partial charge in [-0.25, -0.2) is 4.98 Å². The molecule has 0 bridgehead atoms. The van der Waals surface area contributed by atoms with Crippen molar-refractivity contribution in [1.82, 2.24) is 9.55 Å². The van der Waals surface area contributed by atoms with E-state index in [1.54, 1.807) is 23.3 Å². The van der Waals surface area contributed by atoms with E-state index < -0.39 is 0 Å². The van der Waals surface area contributed by atoms with Gasteiger partial charge in [0, 0.05) is 12.4 Å². The molecule has 1 atom stereocenters. The highest BCUT2D eigenvalue weighted by Gasteiger charge is 2.11. The van der Waals surface area contributed by atoms with Crippen LogP contribution in [0.2, 0.25) is 0 Å². The smallest absolute Gasteiger partial charge is 0.147 e. The van der Waals surface area contributed by atoms with Crippen LogP contribution >= 0.6 is 0 Å². The molecule has 0 N–H and O–H groups in total. The minimum Gasteiger partial charge on any atom is -0.323 e. The Morgan fingerprint density at radius 2 is 1.65 bits per heavy atom. The van der Waals surface area contributed by atoms with Gasteiger partial charge in [-0.15, -0.1) is 0 Å². The minimum atomic E-state index is -0.317. The van der Waals surface area contributed by atoms with E-state index in [2.05, 4.69) is 17.1 Å². The number of carbonyl (C=O) groups excluding carboxylic acids is 1. The van der Waals surface area contributed by atoms with E-state index in [0.29, 0.717) is 0 Å². The molecule has 0 saturated heterocycles. The molecule has 0 amide bonds. The monoisotopic (exact) mass is 262 g/mol. The number of imidazole rings is 1. The summed E-state index contributed by atoms with van der Waals surface area (Å²) in [6, 6.07) is 17.9. The zero-order chi connectivity index (χ0) is 13.8. The van der Waals surface area contributed by atoms with Gasteiger partial charge in [0.05, 0.1) is 6.33 Å². The van der Waals surface area contributed by atoms with Gasteiger partial charge in [0.25, 0.3) is 0 Å². The van der Waals surface area contributed by atoms with Crippen LogP contribution in [0.4, 0.5) is 0 Å². The molecule has 0 spiro atoms. The van der Waals surface area contributed by atoms with Crippen LogP contribution in [0.25, 0.3) is 11.1 Å². The Hall–Kier alpha value is -2.68. The van der Waals surface area contributed by atoms with Gasteiger partial charge in [0.15, 0.2) is 0 Å². The standard InChI is InChI=1S/C17H14N2O/c20-12-17(19-11-10-18-13-19)16-8-6-15(7-9-16)14-4-2-1-3-5-14/h1-13,17H. The molecule has 20 heavy (non-hydrogen) atoms. The number of benzene rings is 2. The molecule has 0 aliphatic heterocycles. The predicted octanol–water partition coefficient (Wildman–Crippen LogP) is 3.34. The maximum absolute atomic E-state index is 11.3. The zero-order valence-electron chi connectivity index (χ0n) is 10.9. The third-order valence-corrected chi connectivity index (χ3v) is 3.33. The van der Waals surface area contributed by atoms with E-state index in [1.807, 2.05) is 42.5 Å². The number of rotatable bonds is 4. The fraction of sp³-hybridized carbons (Fsp3) is 0.0588. The first-order valence-electron chi connectivity index (χ1n) is 6.46. The van der Waals surface area contributed by atoms with Gasteiger partial charge >= 0.3 is 0 Å². The first-order valence-corrected chi connectivity index (χ1v) is 6.46. The van der Waals surface area contributed by atoms with Gasteiger partial charge in [0.1, 0.15) is 12.3 Å². The Labute approximate surface area is 117 Å². The van der Waals surface area contributed by atoms with Crippen LogP contribution in [-0.2, 0) is 4.79 Å². The van der Waals surface area contributed by atoms with Gasteiger partial charge in [-0.2, -0.15) is 0 Å². The SMILES string of the molecule is O=CC(c1ccc(-c2ccccc2)cc1)n1ccnc1. The van der Waals surface area contributed by atoms with Gasteiger partial charge in [-0.05, 0) is 16.7 Å². The molecule has 1 heterocycles. The summed E-state index contributed by atoms with van der Waals surface area (Å²) in [5.41, 5.74) is 3.27. The van der Waals surface area contributed by atoms with Crippen molar-refractivity contribution in [3.63, 3.8) is 0 Å². The number of carbonyl (C=O) groups is 1. The van der Waals surface area contributed by atoms with Crippen LogP contribution in [0.5, 0.6) is 0 Å². The average Bonchev–Trinajstić information content (AvgIpc) is 3.04. The lowest BCUT2D eigenvalue weighted by atomic mass is 10.0. The Bertz CT molecular complexity index is 673. The highest BCUT2D eigenvalue weighted by molar-refractivity contribution is 5.66. The fourth-order valence-electron chi connectivity index (χ4n) is 2.26. The summed E-state index contributed by atoms with van der Waals surface area (Å²) < 4.78 is 1.80. The summed E-state index contributed by atoms with van der Waals surface area (Å²) in [6.45, 7) is 0. The fourth-order valence-corrected chi connectivity index (χ4v) is 2.26. The summed E-state index contributed by atoms with van der Waals surface area (Å²) >= 11 is 0. The van der Waals surface area contributed by atoms with Crippen LogP contribution in [0.3, 0.4) is 0 Å². The molecular weight excluding hydrogens is 248 g/mol. The Kier molecular flexibility index (Phi) is 3.42. The molecule has 3 aromatic rings. The molecule has 3 rings (SSSR count). The topological polar surface area (TPSA) is 34.9 Å². The van der Waals surface area contributed by atoms with E-state index in [9.17, 15) is 4.79 Å². The maximum atomic E-state index is 11.3. The average molecular weight is 262 g/mol. The van der Waals surface area contributed by atoms with Crippen LogP contribution in [-0.4, -0.2) is 15.8 Å². The van der Waals surface area contributed by atoms with Crippen LogP contribution in [0.1, 0.15) is 11.6 Å². The van der Waals surface area contributed by atoms with Crippen molar-refractivity contribution in [2.45, 2.75) is 6.04 Å². The molecule has 2 aromatic carbocycles. The van der Waals surface area contributed by atoms with Gasteiger partial charge in [0.2, 0.25) is 0 Å². The molecular formula is C17H14N2O. The van der Waals surface area contributed by atoms with E-state index in [1.165, 1.54) is 5.56 Å². The molecule has 0 aliphatic carbocycles. The third-order valence-electron chi connectivity index (χ3n) is 3.33. The molecule has 0 fully saturated rings. The van der Waals surface area contributed by atoms with Gasteiger partial charge in [-0.1, -0.05) is 54.6 Å². The van der Waals surface area contributed by atoms with E-state index in [4.69, 9.17) is 0 Å². The predicted molar refractivity (Wildman–Crippen MR) is 78.3 cm³/mol. The van der Waals surface area contributed by atoms with Gasteiger partial charge < -0.3 is 9.36 Å². The van der Waals surface area contributed by atoms with Crippen LogP contribution in [0, 0.1) is 0 Å². The second-order valence-electron chi connectivity index (χ2n) is 4.58. The van der Waals surface area contributed by atoms with Crippen molar-refractivity contribution in [1.29, 1.82) is 0 Å². The maximum Gasteiger partial charge on any atom is 0.147 e. The normalized spacial score (nSPS) is 12.0. The lowest BCUT2D eigenvalue weighted by molar-refractivity contribution is -0.109. The number of nitrogens with zero attached hydrogens (tertiary/aromatic N) is 2. The van der Waals surface area contributed by atoms with Crippen molar-refractivity contribution in [3.05, 3.63) is 78.9 Å². The molecule has 1 unspecified atom stereocenters. The van der Waals surface area contributed by atoms with Crippen LogP contribution < -0.4 is 0 Å². The number of aromatic nitrogens is 2. The number of hydrogen-bond acceptors (Lipinski definition) is 2. The second kappa shape index (κ2) is 5.53. The summed E-state index contributed by atoms with van der Waals surface area (Å²) in [4.78, 5) is 15.3. The first-order chi connectivity index (χ1) is 9.88. The highest BCUT2D eigenvalue weighted by atomic mass is 16.1. The summed E-state index contributed by atoms with van der Waals surface area (Å²) in [6.07, 6.45) is 6.06. The quantitative estimate of drug-likeness (QED) is 0.676. The van der Waals surface area contributed by atoms with E-state index >= 15 is 0 Å². The Balaban J connectivity index is 1.91.